The molecule has 0 unspecified atom stereocenters. The molecule has 8 nitrogen and oxygen atoms in total. The molecule has 5 rings (SSSR count). The number of hydrogen-bond acceptors (Lipinski definition) is 5. The molecule has 1 N–H and O–H groups in total. The molecule has 8 heteroatoms. The fourth-order valence-electron chi connectivity index (χ4n) is 3.57. The summed E-state index contributed by atoms with van der Waals surface area (Å²) in [6, 6.07) is 29.2. The zero-order valence-corrected chi connectivity index (χ0v) is 18.7. The highest BCUT2D eigenvalue weighted by Crippen LogP contribution is 2.23. The van der Waals surface area contributed by atoms with Crippen LogP contribution in [0.15, 0.2) is 108 Å². The number of hydrogen-bond donors (Lipinski definition) is 1. The van der Waals surface area contributed by atoms with Gasteiger partial charge in [-0.15, -0.1) is 5.10 Å². The number of aromatic nitrogens is 3. The predicted molar refractivity (Wildman–Crippen MR) is 132 cm³/mol. The molecule has 0 spiro atoms. The van der Waals surface area contributed by atoms with Gasteiger partial charge in [-0.2, -0.15) is 0 Å². The Bertz CT molecular complexity index is 1510. The van der Waals surface area contributed by atoms with Crippen molar-refractivity contribution in [1.29, 1.82) is 0 Å². The average Bonchev–Trinajstić information content (AvgIpc) is 3.19. The second-order valence-corrected chi connectivity index (χ2v) is 7.79. The van der Waals surface area contributed by atoms with Crippen LogP contribution in [-0.2, 0) is 11.3 Å². The van der Waals surface area contributed by atoms with E-state index in [1.54, 1.807) is 48.7 Å². The standard InChI is InChI=1S/C27H22N4O4/c32-26(19-34-22-12-14-24(15-13-22)35-23-9-2-1-3-10-23)28-21-8-6-7-20(17-21)18-31-27(33)30-16-5-4-11-25(30)29-31/h1-17H,18-19H2,(H,28,32). The average molecular weight is 466 g/mol. The molecule has 1 amide bonds. The molecule has 3 aromatic carbocycles. The number of para-hydroxylation sites is 1. The summed E-state index contributed by atoms with van der Waals surface area (Å²) in [5.41, 5.74) is 1.81. The summed E-state index contributed by atoms with van der Waals surface area (Å²) in [4.78, 5) is 24.9. The first-order valence-corrected chi connectivity index (χ1v) is 11.0. The molecule has 0 atom stereocenters. The van der Waals surface area contributed by atoms with Gasteiger partial charge < -0.3 is 14.8 Å². The summed E-state index contributed by atoms with van der Waals surface area (Å²) in [6.07, 6.45) is 1.68. The van der Waals surface area contributed by atoms with E-state index in [9.17, 15) is 9.59 Å². The number of benzene rings is 3. The van der Waals surface area contributed by atoms with Gasteiger partial charge in [-0.05, 0) is 66.2 Å². The van der Waals surface area contributed by atoms with Crippen LogP contribution in [0.25, 0.3) is 5.65 Å². The molecule has 0 aliphatic rings. The Balaban J connectivity index is 1.16. The second kappa shape index (κ2) is 9.96. The van der Waals surface area contributed by atoms with Crippen molar-refractivity contribution in [3.63, 3.8) is 0 Å². The minimum Gasteiger partial charge on any atom is -0.484 e. The van der Waals surface area contributed by atoms with E-state index in [1.165, 1.54) is 9.08 Å². The van der Waals surface area contributed by atoms with Crippen molar-refractivity contribution in [3.8, 4) is 17.2 Å². The van der Waals surface area contributed by atoms with E-state index in [0.29, 0.717) is 22.8 Å². The topological polar surface area (TPSA) is 86.9 Å². The number of fused-ring (bicyclic) bond motifs is 1. The van der Waals surface area contributed by atoms with E-state index < -0.39 is 0 Å². The summed E-state index contributed by atoms with van der Waals surface area (Å²) >= 11 is 0. The Kier molecular flexibility index (Phi) is 6.25. The number of rotatable bonds is 8. The van der Waals surface area contributed by atoms with Gasteiger partial charge in [0.25, 0.3) is 5.91 Å². The van der Waals surface area contributed by atoms with Gasteiger partial charge in [-0.25, -0.2) is 9.48 Å². The van der Waals surface area contributed by atoms with E-state index >= 15 is 0 Å². The van der Waals surface area contributed by atoms with Gasteiger partial charge in [0.15, 0.2) is 12.3 Å². The van der Waals surface area contributed by atoms with Crippen molar-refractivity contribution >= 4 is 17.2 Å². The first-order chi connectivity index (χ1) is 17.1. The summed E-state index contributed by atoms with van der Waals surface area (Å²) < 4.78 is 14.2. The molecule has 0 aliphatic carbocycles. The minimum atomic E-state index is -0.295. The van der Waals surface area contributed by atoms with Crippen LogP contribution >= 0.6 is 0 Å². The number of carbonyl (C=O) groups excluding carboxylic acids is 1. The smallest absolute Gasteiger partial charge is 0.350 e. The SMILES string of the molecule is O=C(COc1ccc(Oc2ccccc2)cc1)Nc1cccc(Cn2nc3ccccn3c2=O)c1. The van der Waals surface area contributed by atoms with E-state index in [4.69, 9.17) is 9.47 Å². The van der Waals surface area contributed by atoms with Crippen molar-refractivity contribution in [3.05, 3.63) is 119 Å². The molecule has 0 radical (unpaired) electrons. The quantitative estimate of drug-likeness (QED) is 0.367. The van der Waals surface area contributed by atoms with Crippen molar-refractivity contribution < 1.29 is 14.3 Å². The minimum absolute atomic E-state index is 0.144. The fraction of sp³-hybridized carbons (Fsp3) is 0.0741. The monoisotopic (exact) mass is 466 g/mol. The van der Waals surface area contributed by atoms with Gasteiger partial charge in [0.05, 0.1) is 6.54 Å². The lowest BCUT2D eigenvalue weighted by Gasteiger charge is -2.10. The van der Waals surface area contributed by atoms with Gasteiger partial charge in [0.2, 0.25) is 0 Å². The molecule has 174 valence electrons. The molecule has 2 heterocycles. The Morgan fingerprint density at radius 3 is 2.37 bits per heavy atom. The summed E-state index contributed by atoms with van der Waals surface area (Å²) in [6.45, 7) is 0.146. The number of pyridine rings is 1. The van der Waals surface area contributed by atoms with Gasteiger partial charge >= 0.3 is 5.69 Å². The molecule has 0 bridgehead atoms. The van der Waals surface area contributed by atoms with Crippen LogP contribution in [0, 0.1) is 0 Å². The van der Waals surface area contributed by atoms with E-state index in [0.717, 1.165) is 11.3 Å². The van der Waals surface area contributed by atoms with Crippen molar-refractivity contribution in [1.82, 2.24) is 14.2 Å². The summed E-state index contributed by atoms with van der Waals surface area (Å²) in [7, 11) is 0. The molecular formula is C27H22N4O4. The van der Waals surface area contributed by atoms with Crippen LogP contribution in [0.2, 0.25) is 0 Å². The maximum Gasteiger partial charge on any atom is 0.350 e. The van der Waals surface area contributed by atoms with E-state index in [1.807, 2.05) is 54.6 Å². The highest BCUT2D eigenvalue weighted by atomic mass is 16.5. The van der Waals surface area contributed by atoms with Crippen LogP contribution in [0.3, 0.4) is 0 Å². The Hall–Kier alpha value is -4.85. The number of carbonyl (C=O) groups is 1. The largest absolute Gasteiger partial charge is 0.484 e. The first kappa shape index (κ1) is 22.0. The van der Waals surface area contributed by atoms with Crippen LogP contribution in [0.5, 0.6) is 17.2 Å². The predicted octanol–water partition coefficient (Wildman–Crippen LogP) is 4.35. The van der Waals surface area contributed by atoms with E-state index in [-0.39, 0.29) is 24.7 Å². The third kappa shape index (κ3) is 5.39. The lowest BCUT2D eigenvalue weighted by molar-refractivity contribution is -0.118. The molecule has 5 aromatic rings. The highest BCUT2D eigenvalue weighted by Gasteiger charge is 2.09. The third-order valence-corrected chi connectivity index (χ3v) is 5.20. The lowest BCUT2D eigenvalue weighted by Crippen LogP contribution is -2.22. The zero-order chi connectivity index (χ0) is 24.0. The first-order valence-electron chi connectivity index (χ1n) is 11.0. The van der Waals surface area contributed by atoms with Gasteiger partial charge in [-0.1, -0.05) is 36.4 Å². The highest BCUT2D eigenvalue weighted by molar-refractivity contribution is 5.91. The maximum absolute atomic E-state index is 12.5. The molecule has 0 aliphatic heterocycles. The van der Waals surface area contributed by atoms with Crippen LogP contribution < -0.4 is 20.5 Å². The van der Waals surface area contributed by atoms with Gasteiger partial charge in [0.1, 0.15) is 17.2 Å². The third-order valence-electron chi connectivity index (χ3n) is 5.20. The summed E-state index contributed by atoms with van der Waals surface area (Å²) in [5, 5.41) is 7.16. The number of nitrogens with zero attached hydrogens (tertiary/aromatic N) is 3. The van der Waals surface area contributed by atoms with Gasteiger partial charge in [0, 0.05) is 11.9 Å². The Morgan fingerprint density at radius 1 is 0.829 bits per heavy atom. The molecular weight excluding hydrogens is 444 g/mol. The maximum atomic E-state index is 12.5. The van der Waals surface area contributed by atoms with Crippen LogP contribution in [0.1, 0.15) is 5.56 Å². The second-order valence-electron chi connectivity index (χ2n) is 7.79. The Labute approximate surface area is 201 Å². The lowest BCUT2D eigenvalue weighted by atomic mass is 10.2. The van der Waals surface area contributed by atoms with Crippen LogP contribution in [0.4, 0.5) is 5.69 Å². The molecule has 0 saturated heterocycles. The van der Waals surface area contributed by atoms with Crippen molar-refractivity contribution in [2.75, 3.05) is 11.9 Å². The fourth-order valence-corrected chi connectivity index (χ4v) is 3.57. The Morgan fingerprint density at radius 2 is 1.57 bits per heavy atom. The molecule has 0 saturated carbocycles. The number of ether oxygens (including phenoxy) is 2. The molecule has 0 fully saturated rings. The number of amides is 1. The normalized spacial score (nSPS) is 10.7. The van der Waals surface area contributed by atoms with Crippen molar-refractivity contribution in [2.45, 2.75) is 6.54 Å². The van der Waals surface area contributed by atoms with Gasteiger partial charge in [-0.3, -0.25) is 9.20 Å². The van der Waals surface area contributed by atoms with Crippen LogP contribution in [-0.4, -0.2) is 26.7 Å². The van der Waals surface area contributed by atoms with E-state index in [2.05, 4.69) is 10.4 Å². The molecule has 35 heavy (non-hydrogen) atoms. The molecule has 2 aromatic heterocycles. The van der Waals surface area contributed by atoms with Crippen molar-refractivity contribution in [2.24, 2.45) is 0 Å². The zero-order valence-electron chi connectivity index (χ0n) is 18.7. The number of anilines is 1. The summed E-state index contributed by atoms with van der Waals surface area (Å²) in [5.74, 6) is 1.68. The number of nitrogens with one attached hydrogen (secondary N) is 1.